The van der Waals surface area contributed by atoms with Crippen molar-refractivity contribution in [1.82, 2.24) is 25.5 Å². The highest BCUT2D eigenvalue weighted by Crippen LogP contribution is 2.11. The Morgan fingerprint density at radius 1 is 1.17 bits per heavy atom. The Bertz CT molecular complexity index is 608. The quantitative estimate of drug-likeness (QED) is 0.813. The third-order valence-corrected chi connectivity index (χ3v) is 3.60. The first kappa shape index (κ1) is 17.1. The fourth-order valence-corrected chi connectivity index (χ4v) is 2.37. The summed E-state index contributed by atoms with van der Waals surface area (Å²) in [4.78, 5) is 13.4. The van der Waals surface area contributed by atoms with Crippen molar-refractivity contribution in [3.05, 3.63) is 30.3 Å². The summed E-state index contributed by atoms with van der Waals surface area (Å²) in [5.74, 6) is 1.15. The molecular weight excluding hydrogens is 290 g/mol. The molecule has 6 nitrogen and oxygen atoms in total. The van der Waals surface area contributed by atoms with Crippen LogP contribution < -0.4 is 5.32 Å². The lowest BCUT2D eigenvalue weighted by molar-refractivity contribution is -0.122. The lowest BCUT2D eigenvalue weighted by atomic mass is 10.0. The molecule has 1 amide bonds. The zero-order chi connectivity index (χ0) is 16.7. The van der Waals surface area contributed by atoms with Crippen LogP contribution in [-0.4, -0.2) is 32.2 Å². The zero-order valence-corrected chi connectivity index (χ0v) is 14.1. The van der Waals surface area contributed by atoms with Gasteiger partial charge in [-0.1, -0.05) is 57.0 Å². The van der Waals surface area contributed by atoms with Gasteiger partial charge < -0.3 is 5.32 Å². The number of nitrogens with zero attached hydrogens (tertiary/aromatic N) is 4. The molecule has 0 spiro atoms. The molecule has 1 unspecified atom stereocenters. The second kappa shape index (κ2) is 8.41. The van der Waals surface area contributed by atoms with Crippen molar-refractivity contribution in [2.75, 3.05) is 0 Å². The summed E-state index contributed by atoms with van der Waals surface area (Å²) in [6, 6.07) is 9.76. The Morgan fingerprint density at radius 3 is 2.61 bits per heavy atom. The number of rotatable bonds is 8. The van der Waals surface area contributed by atoms with Crippen molar-refractivity contribution < 1.29 is 4.79 Å². The largest absolute Gasteiger partial charge is 0.352 e. The van der Waals surface area contributed by atoms with Gasteiger partial charge in [0, 0.05) is 11.6 Å². The molecule has 1 aromatic carbocycles. The molecule has 2 rings (SSSR count). The van der Waals surface area contributed by atoms with Crippen LogP contribution in [0, 0.1) is 5.92 Å². The van der Waals surface area contributed by atoms with Gasteiger partial charge in [-0.15, -0.1) is 10.2 Å². The summed E-state index contributed by atoms with van der Waals surface area (Å²) in [6.45, 7) is 6.55. The third-order valence-electron chi connectivity index (χ3n) is 3.60. The minimum absolute atomic E-state index is 0.0842. The lowest BCUT2D eigenvalue weighted by Crippen LogP contribution is -2.35. The van der Waals surface area contributed by atoms with Gasteiger partial charge in [-0.05, 0) is 24.5 Å². The Morgan fingerprint density at radius 2 is 1.91 bits per heavy atom. The number of nitrogens with one attached hydrogen (secondary N) is 1. The smallest absolute Gasteiger partial charge is 0.243 e. The van der Waals surface area contributed by atoms with Crippen molar-refractivity contribution >= 4 is 5.91 Å². The second-order valence-corrected chi connectivity index (χ2v) is 6.30. The Balaban J connectivity index is 1.80. The summed E-state index contributed by atoms with van der Waals surface area (Å²) >= 11 is 0. The van der Waals surface area contributed by atoms with Gasteiger partial charge in [-0.3, -0.25) is 4.79 Å². The number of carbonyl (C=O) groups excluding carboxylic acids is 1. The van der Waals surface area contributed by atoms with Gasteiger partial charge in [0.1, 0.15) is 6.54 Å². The molecule has 0 aliphatic heterocycles. The highest BCUT2D eigenvalue weighted by molar-refractivity contribution is 5.75. The number of aromatic nitrogens is 4. The molecule has 23 heavy (non-hydrogen) atoms. The van der Waals surface area contributed by atoms with E-state index in [1.165, 1.54) is 11.2 Å². The lowest BCUT2D eigenvalue weighted by Gasteiger charge is -2.14. The van der Waals surface area contributed by atoms with Crippen LogP contribution in [0.3, 0.4) is 0 Å². The maximum atomic E-state index is 12.0. The third kappa shape index (κ3) is 5.81. The highest BCUT2D eigenvalue weighted by atomic mass is 16.2. The van der Waals surface area contributed by atoms with Crippen LogP contribution in [0.1, 0.15) is 40.0 Å². The van der Waals surface area contributed by atoms with Crippen LogP contribution in [0.5, 0.6) is 0 Å². The van der Waals surface area contributed by atoms with Gasteiger partial charge in [-0.2, -0.15) is 4.80 Å². The molecule has 0 saturated heterocycles. The number of tetrazole rings is 1. The van der Waals surface area contributed by atoms with E-state index < -0.39 is 0 Å². The van der Waals surface area contributed by atoms with Crippen molar-refractivity contribution in [2.24, 2.45) is 5.92 Å². The van der Waals surface area contributed by atoms with E-state index in [0.717, 1.165) is 18.4 Å². The summed E-state index contributed by atoms with van der Waals surface area (Å²) in [7, 11) is 0. The van der Waals surface area contributed by atoms with Gasteiger partial charge in [0.05, 0.1) is 0 Å². The second-order valence-electron chi connectivity index (χ2n) is 6.30. The number of carbonyl (C=O) groups is 1. The number of hydrogen-bond donors (Lipinski definition) is 1. The van der Waals surface area contributed by atoms with Crippen LogP contribution in [-0.2, 0) is 11.3 Å². The van der Waals surface area contributed by atoms with E-state index in [0.29, 0.717) is 11.7 Å². The zero-order valence-electron chi connectivity index (χ0n) is 14.1. The average molecular weight is 315 g/mol. The van der Waals surface area contributed by atoms with E-state index in [2.05, 4.69) is 34.6 Å². The topological polar surface area (TPSA) is 72.7 Å². The molecule has 0 bridgehead atoms. The van der Waals surface area contributed by atoms with Crippen molar-refractivity contribution in [3.8, 4) is 11.4 Å². The van der Waals surface area contributed by atoms with Crippen LogP contribution in [0.15, 0.2) is 30.3 Å². The minimum atomic E-state index is -0.0842. The highest BCUT2D eigenvalue weighted by Gasteiger charge is 2.11. The Hall–Kier alpha value is -2.24. The van der Waals surface area contributed by atoms with Gasteiger partial charge in [0.25, 0.3) is 0 Å². The van der Waals surface area contributed by atoms with E-state index >= 15 is 0 Å². The SMILES string of the molecule is CC(C)CCCC(C)NC(=O)Cn1nnc(-c2ccccc2)n1. The molecular formula is C17H25N5O. The molecule has 1 atom stereocenters. The first-order chi connectivity index (χ1) is 11.0. The minimum Gasteiger partial charge on any atom is -0.352 e. The first-order valence-electron chi connectivity index (χ1n) is 8.17. The van der Waals surface area contributed by atoms with Crippen LogP contribution in [0.25, 0.3) is 11.4 Å². The maximum absolute atomic E-state index is 12.0. The molecule has 0 fully saturated rings. The Labute approximate surface area is 137 Å². The number of amides is 1. The fourth-order valence-electron chi connectivity index (χ4n) is 2.37. The molecule has 0 aliphatic rings. The molecule has 1 N–H and O–H groups in total. The summed E-state index contributed by atoms with van der Waals surface area (Å²) in [5, 5.41) is 15.2. The Kier molecular flexibility index (Phi) is 6.26. The molecule has 1 aromatic heterocycles. The van der Waals surface area contributed by atoms with Crippen LogP contribution in [0.4, 0.5) is 0 Å². The average Bonchev–Trinajstić information content (AvgIpc) is 2.96. The fraction of sp³-hybridized carbons (Fsp3) is 0.529. The molecule has 0 saturated carbocycles. The molecule has 124 valence electrons. The van der Waals surface area contributed by atoms with Gasteiger partial charge in [0.2, 0.25) is 11.7 Å². The molecule has 0 aliphatic carbocycles. The molecule has 2 aromatic rings. The first-order valence-corrected chi connectivity index (χ1v) is 8.17. The summed E-state index contributed by atoms with van der Waals surface area (Å²) in [6.07, 6.45) is 3.30. The standard InChI is InChI=1S/C17H25N5O/c1-13(2)8-7-9-14(3)18-16(23)12-22-20-17(19-21-22)15-10-5-4-6-11-15/h4-6,10-11,13-14H,7-9,12H2,1-3H3,(H,18,23). The van der Waals surface area contributed by atoms with Crippen molar-refractivity contribution in [3.63, 3.8) is 0 Å². The maximum Gasteiger partial charge on any atom is 0.243 e. The number of hydrogen-bond acceptors (Lipinski definition) is 4. The predicted molar refractivity (Wildman–Crippen MR) is 89.5 cm³/mol. The number of benzene rings is 1. The van der Waals surface area contributed by atoms with E-state index in [1.54, 1.807) is 0 Å². The van der Waals surface area contributed by atoms with Crippen molar-refractivity contribution in [1.29, 1.82) is 0 Å². The van der Waals surface area contributed by atoms with Crippen molar-refractivity contribution in [2.45, 2.75) is 52.6 Å². The van der Waals surface area contributed by atoms with E-state index in [1.807, 2.05) is 37.3 Å². The van der Waals surface area contributed by atoms with Gasteiger partial charge in [0.15, 0.2) is 0 Å². The van der Waals surface area contributed by atoms with E-state index in [-0.39, 0.29) is 18.5 Å². The monoisotopic (exact) mass is 315 g/mol. The molecule has 1 heterocycles. The molecule has 0 radical (unpaired) electrons. The molecule has 6 heteroatoms. The van der Waals surface area contributed by atoms with Crippen LogP contribution in [0.2, 0.25) is 0 Å². The predicted octanol–water partition coefficient (Wildman–Crippen LogP) is 2.67. The van der Waals surface area contributed by atoms with Crippen LogP contribution >= 0.6 is 0 Å². The van der Waals surface area contributed by atoms with E-state index in [9.17, 15) is 4.79 Å². The summed E-state index contributed by atoms with van der Waals surface area (Å²) in [5.41, 5.74) is 0.890. The van der Waals surface area contributed by atoms with Gasteiger partial charge >= 0.3 is 0 Å². The van der Waals surface area contributed by atoms with E-state index in [4.69, 9.17) is 0 Å². The summed E-state index contributed by atoms with van der Waals surface area (Å²) < 4.78 is 0. The normalized spacial score (nSPS) is 12.3. The van der Waals surface area contributed by atoms with Gasteiger partial charge in [-0.25, -0.2) is 0 Å².